The number of carbonyl (C=O) groups excluding carboxylic acids is 1. The lowest BCUT2D eigenvalue weighted by molar-refractivity contribution is 0.0599. The molecule has 0 fully saturated rings. The molecule has 0 radical (unpaired) electrons. The molecule has 2 aromatic carbocycles. The van der Waals surface area contributed by atoms with Gasteiger partial charge in [-0.3, -0.25) is 4.79 Å². The summed E-state index contributed by atoms with van der Waals surface area (Å²) in [5, 5.41) is 0.472. The first-order chi connectivity index (χ1) is 10.2. The van der Waals surface area contributed by atoms with Gasteiger partial charge in [0.15, 0.2) is 0 Å². The molecule has 4 nitrogen and oxygen atoms in total. The topological polar surface area (TPSA) is 59.2 Å². The molecule has 0 unspecified atom stereocenters. The Hall–Kier alpha value is -2.88. The zero-order valence-electron chi connectivity index (χ0n) is 11.4. The molecular weight excluding hydrogens is 266 g/mol. The molecule has 1 aromatic heterocycles. The predicted molar refractivity (Wildman–Crippen MR) is 81.3 cm³/mol. The average Bonchev–Trinajstić information content (AvgIpc) is 2.55. The van der Waals surface area contributed by atoms with Gasteiger partial charge in [0.05, 0.1) is 12.6 Å². The van der Waals surface area contributed by atoms with Crippen LogP contribution in [0.25, 0.3) is 22.0 Å². The molecule has 1 N–H and O–H groups in total. The van der Waals surface area contributed by atoms with E-state index in [-0.39, 0.29) is 11.0 Å². The number of methoxy groups -OCH3 is 1. The summed E-state index contributed by atoms with van der Waals surface area (Å²) in [6, 6.07) is 15.2. The molecule has 104 valence electrons. The maximum Gasteiger partial charge on any atom is 0.343 e. The number of nitrogens with one attached hydrogen (secondary N) is 1. The van der Waals surface area contributed by atoms with E-state index in [1.807, 2.05) is 36.4 Å². The van der Waals surface area contributed by atoms with Crippen molar-refractivity contribution < 1.29 is 9.53 Å². The molecule has 4 heteroatoms. The predicted octanol–water partition coefficient (Wildman–Crippen LogP) is 2.98. The molecular formula is C17H13NO3. The van der Waals surface area contributed by atoms with E-state index in [2.05, 4.69) is 9.72 Å². The molecule has 0 spiro atoms. The minimum absolute atomic E-state index is 0.00946. The number of aromatic nitrogens is 1. The van der Waals surface area contributed by atoms with Crippen molar-refractivity contribution in [2.75, 3.05) is 7.11 Å². The molecule has 1 heterocycles. The summed E-state index contributed by atoms with van der Waals surface area (Å²) in [5.41, 5.74) is 2.32. The van der Waals surface area contributed by atoms with E-state index >= 15 is 0 Å². The highest BCUT2D eigenvalue weighted by Crippen LogP contribution is 2.25. The summed E-state index contributed by atoms with van der Waals surface area (Å²) >= 11 is 0. The van der Waals surface area contributed by atoms with Gasteiger partial charge in [0.25, 0.3) is 0 Å². The van der Waals surface area contributed by atoms with E-state index in [1.54, 1.807) is 12.1 Å². The van der Waals surface area contributed by atoms with Crippen molar-refractivity contribution in [1.82, 2.24) is 4.98 Å². The maximum atomic E-state index is 12.4. The highest BCUT2D eigenvalue weighted by molar-refractivity contribution is 5.98. The van der Waals surface area contributed by atoms with Gasteiger partial charge >= 0.3 is 5.97 Å². The van der Waals surface area contributed by atoms with Crippen LogP contribution in [-0.4, -0.2) is 18.1 Å². The second kappa shape index (κ2) is 5.25. The van der Waals surface area contributed by atoms with Crippen LogP contribution < -0.4 is 5.43 Å². The van der Waals surface area contributed by atoms with Crippen LogP contribution in [0.15, 0.2) is 59.5 Å². The number of ether oxygens (including phenoxy) is 1. The number of aromatic amines is 1. The first kappa shape index (κ1) is 13.1. The van der Waals surface area contributed by atoms with Gasteiger partial charge in [0.1, 0.15) is 5.56 Å². The Kier molecular flexibility index (Phi) is 3.28. The van der Waals surface area contributed by atoms with Crippen molar-refractivity contribution >= 4 is 16.9 Å². The van der Waals surface area contributed by atoms with Crippen LogP contribution in [0.1, 0.15) is 10.4 Å². The van der Waals surface area contributed by atoms with E-state index in [9.17, 15) is 9.59 Å². The molecule has 0 amide bonds. The van der Waals surface area contributed by atoms with Crippen LogP contribution >= 0.6 is 0 Å². The highest BCUT2D eigenvalue weighted by atomic mass is 16.5. The van der Waals surface area contributed by atoms with E-state index in [1.165, 1.54) is 13.3 Å². The number of fused-ring (bicyclic) bond motifs is 1. The van der Waals surface area contributed by atoms with E-state index < -0.39 is 5.97 Å². The SMILES string of the molecule is COC(=O)c1c[nH]c2c(-c3ccccc3)cccc2c1=O. The van der Waals surface area contributed by atoms with Crippen LogP contribution in [-0.2, 0) is 4.74 Å². The molecule has 0 bridgehead atoms. The average molecular weight is 279 g/mol. The summed E-state index contributed by atoms with van der Waals surface area (Å²) in [7, 11) is 1.26. The number of benzene rings is 2. The molecule has 0 saturated heterocycles. The second-order valence-electron chi connectivity index (χ2n) is 4.62. The Morgan fingerprint density at radius 1 is 1.05 bits per heavy atom. The number of esters is 1. The summed E-state index contributed by atoms with van der Waals surface area (Å²) in [5.74, 6) is -0.636. The van der Waals surface area contributed by atoms with Crippen molar-refractivity contribution in [1.29, 1.82) is 0 Å². The fraction of sp³-hybridized carbons (Fsp3) is 0.0588. The smallest absolute Gasteiger partial charge is 0.343 e. The normalized spacial score (nSPS) is 10.5. The van der Waals surface area contributed by atoms with Crippen LogP contribution in [0.3, 0.4) is 0 Å². The Bertz CT molecular complexity index is 866. The molecule has 0 aliphatic heterocycles. The largest absolute Gasteiger partial charge is 0.465 e. The maximum absolute atomic E-state index is 12.4. The van der Waals surface area contributed by atoms with Crippen molar-refractivity contribution in [3.63, 3.8) is 0 Å². The highest BCUT2D eigenvalue weighted by Gasteiger charge is 2.14. The van der Waals surface area contributed by atoms with Gasteiger partial charge in [-0.05, 0) is 11.6 Å². The lowest BCUT2D eigenvalue weighted by Crippen LogP contribution is -2.17. The Balaban J connectivity index is 2.30. The Labute approximate surface area is 121 Å². The fourth-order valence-electron chi connectivity index (χ4n) is 2.37. The lowest BCUT2D eigenvalue weighted by atomic mass is 10.0. The Morgan fingerprint density at radius 3 is 2.52 bits per heavy atom. The van der Waals surface area contributed by atoms with E-state index in [4.69, 9.17) is 0 Å². The van der Waals surface area contributed by atoms with E-state index in [0.717, 1.165) is 11.1 Å². The molecule has 3 rings (SSSR count). The number of pyridine rings is 1. The van der Waals surface area contributed by atoms with Crippen molar-refractivity contribution in [3.05, 3.63) is 70.5 Å². The van der Waals surface area contributed by atoms with Crippen molar-refractivity contribution in [2.24, 2.45) is 0 Å². The summed E-state index contributed by atoms with van der Waals surface area (Å²) < 4.78 is 4.62. The molecule has 21 heavy (non-hydrogen) atoms. The zero-order chi connectivity index (χ0) is 14.8. The summed E-state index contributed by atoms with van der Waals surface area (Å²) in [6.45, 7) is 0. The zero-order valence-corrected chi connectivity index (χ0v) is 11.4. The van der Waals surface area contributed by atoms with Gasteiger partial charge in [0, 0.05) is 17.1 Å². The van der Waals surface area contributed by atoms with Gasteiger partial charge in [0.2, 0.25) is 5.43 Å². The van der Waals surface area contributed by atoms with Crippen LogP contribution in [0.2, 0.25) is 0 Å². The first-order valence-electron chi connectivity index (χ1n) is 6.50. The summed E-state index contributed by atoms with van der Waals surface area (Å²) in [4.78, 5) is 27.0. The quantitative estimate of drug-likeness (QED) is 0.734. The third-order valence-electron chi connectivity index (χ3n) is 3.40. The first-order valence-corrected chi connectivity index (χ1v) is 6.50. The number of para-hydroxylation sites is 1. The number of hydrogen-bond acceptors (Lipinski definition) is 3. The van der Waals surface area contributed by atoms with Crippen LogP contribution in [0.4, 0.5) is 0 Å². The minimum Gasteiger partial charge on any atom is -0.465 e. The van der Waals surface area contributed by atoms with Gasteiger partial charge in [-0.1, -0.05) is 42.5 Å². The fourth-order valence-corrected chi connectivity index (χ4v) is 2.37. The molecule has 3 aromatic rings. The number of rotatable bonds is 2. The molecule has 0 aliphatic rings. The number of hydrogen-bond donors (Lipinski definition) is 1. The molecule has 0 aliphatic carbocycles. The minimum atomic E-state index is -0.636. The molecule has 0 saturated carbocycles. The van der Waals surface area contributed by atoms with Gasteiger partial charge in [-0.15, -0.1) is 0 Å². The van der Waals surface area contributed by atoms with Crippen molar-refractivity contribution in [3.8, 4) is 11.1 Å². The number of carbonyl (C=O) groups is 1. The van der Waals surface area contributed by atoms with Crippen LogP contribution in [0.5, 0.6) is 0 Å². The molecule has 0 atom stereocenters. The third-order valence-corrected chi connectivity index (χ3v) is 3.40. The number of H-pyrrole nitrogens is 1. The van der Waals surface area contributed by atoms with Gasteiger partial charge in [-0.2, -0.15) is 0 Å². The van der Waals surface area contributed by atoms with E-state index in [0.29, 0.717) is 10.9 Å². The second-order valence-corrected chi connectivity index (χ2v) is 4.62. The van der Waals surface area contributed by atoms with Gasteiger partial charge in [-0.25, -0.2) is 4.79 Å². The van der Waals surface area contributed by atoms with Crippen LogP contribution in [0, 0.1) is 0 Å². The Morgan fingerprint density at radius 2 is 1.81 bits per heavy atom. The summed E-state index contributed by atoms with van der Waals surface area (Å²) in [6.07, 6.45) is 1.41. The lowest BCUT2D eigenvalue weighted by Gasteiger charge is -2.07. The third kappa shape index (κ3) is 2.21. The van der Waals surface area contributed by atoms with Gasteiger partial charge < -0.3 is 9.72 Å². The van der Waals surface area contributed by atoms with Crippen molar-refractivity contribution in [2.45, 2.75) is 0 Å². The monoisotopic (exact) mass is 279 g/mol. The standard InChI is InChI=1S/C17H13NO3/c1-21-17(20)14-10-18-15-12(11-6-3-2-4-7-11)8-5-9-13(15)16(14)19/h2-10H,1H3,(H,18,19).